The van der Waals surface area contributed by atoms with Gasteiger partial charge in [0.15, 0.2) is 6.23 Å². The normalized spacial score (nSPS) is 17.6. The van der Waals surface area contributed by atoms with Crippen molar-refractivity contribution < 1.29 is 31.9 Å². The van der Waals surface area contributed by atoms with Crippen LogP contribution in [-0.4, -0.2) is 71.4 Å². The number of halogens is 2. The molecule has 1 aromatic heterocycles. The molecule has 40 heavy (non-hydrogen) atoms. The molecule has 3 N–H and O–H groups in total. The highest BCUT2D eigenvalue weighted by Crippen LogP contribution is 2.35. The van der Waals surface area contributed by atoms with Crippen LogP contribution >= 0.6 is 22.9 Å². The zero-order valence-electron chi connectivity index (χ0n) is 21.1. The Morgan fingerprint density at radius 2 is 1.88 bits per heavy atom. The van der Waals surface area contributed by atoms with Gasteiger partial charge in [-0.25, -0.2) is 22.3 Å². The van der Waals surface area contributed by atoms with Crippen molar-refractivity contribution >= 4 is 62.0 Å². The second-order valence-corrected chi connectivity index (χ2v) is 12.5. The van der Waals surface area contributed by atoms with E-state index in [1.807, 2.05) is 4.72 Å². The van der Waals surface area contributed by atoms with Gasteiger partial charge in [0.1, 0.15) is 15.8 Å². The van der Waals surface area contributed by atoms with Crippen LogP contribution in [0.5, 0.6) is 5.75 Å². The van der Waals surface area contributed by atoms with Crippen molar-refractivity contribution in [2.75, 3.05) is 55.4 Å². The molecule has 1 unspecified atom stereocenters. The average Bonchev–Trinajstić information content (AvgIpc) is 3.37. The molecule has 3 aromatic rings. The van der Waals surface area contributed by atoms with Crippen LogP contribution in [0, 0.1) is 5.82 Å². The number of morpholine rings is 1. The number of anilines is 3. The second-order valence-electron chi connectivity index (χ2n) is 8.90. The van der Waals surface area contributed by atoms with E-state index >= 15 is 0 Å². The second kappa shape index (κ2) is 11.6. The summed E-state index contributed by atoms with van der Waals surface area (Å²) in [6.45, 7) is 2.83. The fraction of sp³-hybridized carbons (Fsp3) is 0.280. The molecule has 0 saturated carbocycles. The van der Waals surface area contributed by atoms with Gasteiger partial charge in [0.05, 0.1) is 35.3 Å². The summed E-state index contributed by atoms with van der Waals surface area (Å²) in [5.74, 6) is -0.760. The number of hydrogen-bond acceptors (Lipinski definition) is 9. The van der Waals surface area contributed by atoms with Crippen LogP contribution in [0.4, 0.5) is 26.2 Å². The molecule has 3 amide bonds. The summed E-state index contributed by atoms with van der Waals surface area (Å²) in [5.41, 5.74) is 1.01. The monoisotopic (exact) mass is 609 g/mol. The lowest BCUT2D eigenvalue weighted by Crippen LogP contribution is -2.54. The first-order chi connectivity index (χ1) is 19.1. The minimum absolute atomic E-state index is 0.0789. The van der Waals surface area contributed by atoms with Crippen LogP contribution in [0.1, 0.15) is 10.4 Å². The highest BCUT2D eigenvalue weighted by atomic mass is 35.5. The Morgan fingerprint density at radius 1 is 1.15 bits per heavy atom. The number of benzene rings is 2. The van der Waals surface area contributed by atoms with Crippen LogP contribution in [0.15, 0.2) is 52.7 Å². The molecule has 11 nitrogen and oxygen atoms in total. The predicted octanol–water partition coefficient (Wildman–Crippen LogP) is 3.79. The molecule has 0 bridgehead atoms. The van der Waals surface area contributed by atoms with Gasteiger partial charge in [-0.1, -0.05) is 11.6 Å². The summed E-state index contributed by atoms with van der Waals surface area (Å²) in [5, 5.41) is 5.21. The minimum Gasteiger partial charge on any atom is -0.468 e. The maximum atomic E-state index is 14.5. The third-order valence-corrected chi connectivity index (χ3v) is 9.35. The number of sulfonamides is 1. The van der Waals surface area contributed by atoms with Gasteiger partial charge >= 0.3 is 6.03 Å². The molecule has 1 saturated heterocycles. The minimum atomic E-state index is -4.10. The molecule has 2 aliphatic heterocycles. The maximum absolute atomic E-state index is 14.5. The number of nitrogens with one attached hydrogen (secondary N) is 3. The molecule has 0 spiro atoms. The van der Waals surface area contributed by atoms with E-state index in [0.29, 0.717) is 38.5 Å². The Morgan fingerprint density at radius 3 is 2.52 bits per heavy atom. The van der Waals surface area contributed by atoms with Gasteiger partial charge in [-0.15, -0.1) is 11.3 Å². The van der Waals surface area contributed by atoms with E-state index in [0.717, 1.165) is 17.4 Å². The zero-order chi connectivity index (χ0) is 28.4. The molecule has 2 aromatic carbocycles. The van der Waals surface area contributed by atoms with Gasteiger partial charge < -0.3 is 20.1 Å². The largest absolute Gasteiger partial charge is 0.468 e. The number of fused-ring (bicyclic) bond motifs is 1. The Bertz CT molecular complexity index is 1530. The number of carbonyl (C=O) groups is 2. The Kier molecular flexibility index (Phi) is 8.14. The van der Waals surface area contributed by atoms with E-state index < -0.39 is 34.0 Å². The van der Waals surface area contributed by atoms with Gasteiger partial charge in [-0.2, -0.15) is 0 Å². The van der Waals surface area contributed by atoms with E-state index in [4.69, 9.17) is 21.1 Å². The number of nitrogens with zero attached hydrogens (tertiary/aromatic N) is 2. The van der Waals surface area contributed by atoms with Crippen molar-refractivity contribution in [1.29, 1.82) is 0 Å². The third kappa shape index (κ3) is 6.00. The highest BCUT2D eigenvalue weighted by Gasteiger charge is 2.37. The SMILES string of the molecule is CNc1cc2c(cc1F)C(=O)N(c1ccc(NC(=O)NS(=O)(=O)c3ccc(Cl)s3)cc1)C(CN1CCOCC1)O2. The first-order valence-electron chi connectivity index (χ1n) is 12.2. The van der Waals surface area contributed by atoms with Crippen molar-refractivity contribution in [2.24, 2.45) is 0 Å². The number of urea groups is 1. The topological polar surface area (TPSA) is 129 Å². The molecule has 5 rings (SSSR count). The fourth-order valence-corrected chi connectivity index (χ4v) is 6.74. The Balaban J connectivity index is 1.36. The molecular formula is C25H25ClFN5O6S2. The number of rotatable bonds is 7. The fourth-order valence-electron chi connectivity index (χ4n) is 4.35. The summed E-state index contributed by atoms with van der Waals surface area (Å²) in [6.07, 6.45) is -0.724. The van der Waals surface area contributed by atoms with Crippen molar-refractivity contribution in [3.63, 3.8) is 0 Å². The summed E-state index contributed by atoms with van der Waals surface area (Å²) >= 11 is 6.62. The summed E-state index contributed by atoms with van der Waals surface area (Å²) < 4.78 is 53.1. The van der Waals surface area contributed by atoms with Crippen LogP contribution < -0.4 is 25.0 Å². The van der Waals surface area contributed by atoms with Crippen LogP contribution in [0.3, 0.4) is 0 Å². The maximum Gasteiger partial charge on any atom is 0.333 e. The first kappa shape index (κ1) is 28.1. The molecule has 0 aliphatic carbocycles. The molecule has 3 heterocycles. The van der Waals surface area contributed by atoms with Crippen molar-refractivity contribution in [3.05, 3.63) is 64.2 Å². The molecule has 1 fully saturated rings. The third-order valence-electron chi connectivity index (χ3n) is 6.30. The number of ether oxygens (including phenoxy) is 2. The van der Waals surface area contributed by atoms with Gasteiger partial charge in [-0.3, -0.25) is 14.6 Å². The lowest BCUT2D eigenvalue weighted by Gasteiger charge is -2.40. The van der Waals surface area contributed by atoms with Gasteiger partial charge in [-0.05, 0) is 42.5 Å². The Hall–Kier alpha value is -3.43. The molecule has 1 atom stereocenters. The van der Waals surface area contributed by atoms with Crippen molar-refractivity contribution in [3.8, 4) is 5.75 Å². The van der Waals surface area contributed by atoms with E-state index in [1.165, 1.54) is 35.2 Å². The van der Waals surface area contributed by atoms with Crippen LogP contribution in [-0.2, 0) is 14.8 Å². The van der Waals surface area contributed by atoms with Crippen LogP contribution in [0.25, 0.3) is 0 Å². The molecule has 2 aliphatic rings. The number of carbonyl (C=O) groups excluding carboxylic acids is 2. The summed E-state index contributed by atoms with van der Waals surface area (Å²) in [7, 11) is -2.52. The van der Waals surface area contributed by atoms with Gasteiger partial charge in [0.2, 0.25) is 0 Å². The summed E-state index contributed by atoms with van der Waals surface area (Å²) in [6, 6.07) is 10.6. The lowest BCUT2D eigenvalue weighted by molar-refractivity contribution is 0.0169. The molecule has 212 valence electrons. The number of hydrogen-bond donors (Lipinski definition) is 3. The molecule has 15 heteroatoms. The van der Waals surface area contributed by atoms with E-state index in [2.05, 4.69) is 15.5 Å². The van der Waals surface area contributed by atoms with Gasteiger partial charge in [0.25, 0.3) is 15.9 Å². The van der Waals surface area contributed by atoms with E-state index in [-0.39, 0.29) is 31.2 Å². The standard InChI is InChI=1S/C25H25ClFN5O6S2/c1-28-19-13-20-17(12-18(19)27)24(33)32(22(38-20)14-31-8-10-37-11-9-31)16-4-2-15(3-5-16)29-25(34)30-40(35,36)23-7-6-21(26)39-23/h2-7,12-13,22,28H,8-11,14H2,1H3,(H2,29,30,34). The molecule has 0 radical (unpaired) electrons. The number of thiophene rings is 1. The average molecular weight is 610 g/mol. The zero-order valence-corrected chi connectivity index (χ0v) is 23.5. The summed E-state index contributed by atoms with van der Waals surface area (Å²) in [4.78, 5) is 29.6. The Labute approximate surface area is 238 Å². The number of amides is 3. The lowest BCUT2D eigenvalue weighted by atomic mass is 10.1. The van der Waals surface area contributed by atoms with Gasteiger partial charge in [0, 0.05) is 37.6 Å². The predicted molar refractivity (Wildman–Crippen MR) is 150 cm³/mol. The quantitative estimate of drug-likeness (QED) is 0.369. The van der Waals surface area contributed by atoms with Crippen molar-refractivity contribution in [2.45, 2.75) is 10.4 Å². The first-order valence-corrected chi connectivity index (χ1v) is 14.8. The van der Waals surface area contributed by atoms with E-state index in [9.17, 15) is 22.4 Å². The van der Waals surface area contributed by atoms with E-state index in [1.54, 1.807) is 19.2 Å². The van der Waals surface area contributed by atoms with Crippen molar-refractivity contribution in [1.82, 2.24) is 9.62 Å². The highest BCUT2D eigenvalue weighted by molar-refractivity contribution is 7.92. The molecular weight excluding hydrogens is 585 g/mol. The smallest absolute Gasteiger partial charge is 0.333 e. The van der Waals surface area contributed by atoms with Crippen LogP contribution in [0.2, 0.25) is 4.34 Å².